The summed E-state index contributed by atoms with van der Waals surface area (Å²) in [7, 11) is 1.22. The Bertz CT molecular complexity index is 889. The van der Waals surface area contributed by atoms with E-state index in [1.165, 1.54) is 7.11 Å². The molecule has 0 heterocycles. The molecule has 166 valence electrons. The molecule has 2 rings (SSSR count). The van der Waals surface area contributed by atoms with Gasteiger partial charge in [0.15, 0.2) is 0 Å². The van der Waals surface area contributed by atoms with E-state index in [0.717, 1.165) is 16.2 Å². The maximum absolute atomic E-state index is 12.4. The van der Waals surface area contributed by atoms with Crippen LogP contribution in [-0.4, -0.2) is 31.1 Å². The van der Waals surface area contributed by atoms with E-state index in [4.69, 9.17) is 11.6 Å². The highest BCUT2D eigenvalue weighted by Crippen LogP contribution is 2.24. The Morgan fingerprint density at radius 3 is 2.23 bits per heavy atom. The van der Waals surface area contributed by atoms with Crippen LogP contribution >= 0.6 is 23.4 Å². The van der Waals surface area contributed by atoms with Crippen LogP contribution in [0.4, 0.5) is 4.79 Å². The van der Waals surface area contributed by atoms with Crippen LogP contribution in [-0.2, 0) is 15.3 Å². The highest BCUT2D eigenvalue weighted by molar-refractivity contribution is 7.98. The van der Waals surface area contributed by atoms with Gasteiger partial charge < -0.3 is 10.1 Å². The molecule has 0 saturated heterocycles. The SMILES string of the molecule is COC(=O)NC(CC(C)C)C(=O)NNC(=O)c1ccc(CSc2ccc(Cl)cc2)cc1. The minimum atomic E-state index is -0.819. The third kappa shape index (κ3) is 8.51. The van der Waals surface area contributed by atoms with Crippen molar-refractivity contribution in [3.05, 3.63) is 64.7 Å². The van der Waals surface area contributed by atoms with E-state index in [1.807, 2.05) is 50.2 Å². The fourth-order valence-corrected chi connectivity index (χ4v) is 3.61. The Balaban J connectivity index is 1.87. The van der Waals surface area contributed by atoms with Crippen molar-refractivity contribution in [3.8, 4) is 0 Å². The number of methoxy groups -OCH3 is 1. The van der Waals surface area contributed by atoms with E-state index in [0.29, 0.717) is 17.0 Å². The number of halogens is 1. The van der Waals surface area contributed by atoms with Crippen LogP contribution in [0.2, 0.25) is 5.02 Å². The Labute approximate surface area is 191 Å². The van der Waals surface area contributed by atoms with Crippen molar-refractivity contribution in [2.45, 2.75) is 37.0 Å². The highest BCUT2D eigenvalue weighted by atomic mass is 35.5. The maximum Gasteiger partial charge on any atom is 0.407 e. The molecule has 3 amide bonds. The molecule has 2 aromatic rings. The average molecular weight is 464 g/mol. The lowest BCUT2D eigenvalue weighted by molar-refractivity contribution is -0.124. The van der Waals surface area contributed by atoms with Gasteiger partial charge in [-0.15, -0.1) is 11.8 Å². The summed E-state index contributed by atoms with van der Waals surface area (Å²) in [4.78, 5) is 37.2. The molecular formula is C22H26ClN3O4S. The second kappa shape index (κ2) is 12.2. The molecule has 9 heteroatoms. The second-order valence-electron chi connectivity index (χ2n) is 7.20. The number of nitrogens with one attached hydrogen (secondary N) is 3. The van der Waals surface area contributed by atoms with Crippen LogP contribution in [0.3, 0.4) is 0 Å². The number of hydrogen-bond acceptors (Lipinski definition) is 5. The van der Waals surface area contributed by atoms with Gasteiger partial charge >= 0.3 is 6.09 Å². The maximum atomic E-state index is 12.4. The number of rotatable bonds is 8. The first-order valence-corrected chi connectivity index (χ1v) is 11.1. The van der Waals surface area contributed by atoms with Crippen LogP contribution in [0.1, 0.15) is 36.2 Å². The molecule has 0 bridgehead atoms. The minimum Gasteiger partial charge on any atom is -0.453 e. The zero-order valence-corrected chi connectivity index (χ0v) is 19.2. The molecule has 0 spiro atoms. The van der Waals surface area contributed by atoms with Gasteiger partial charge in [-0.1, -0.05) is 37.6 Å². The number of benzene rings is 2. The van der Waals surface area contributed by atoms with Crippen LogP contribution in [0.25, 0.3) is 0 Å². The van der Waals surface area contributed by atoms with Crippen molar-refractivity contribution in [2.24, 2.45) is 5.92 Å². The Morgan fingerprint density at radius 2 is 1.65 bits per heavy atom. The number of carbonyl (C=O) groups is 3. The van der Waals surface area contributed by atoms with Crippen molar-refractivity contribution in [3.63, 3.8) is 0 Å². The van der Waals surface area contributed by atoms with Crippen molar-refractivity contribution < 1.29 is 19.1 Å². The predicted molar refractivity (Wildman–Crippen MR) is 122 cm³/mol. The molecule has 0 fully saturated rings. The lowest BCUT2D eigenvalue weighted by Gasteiger charge is -2.19. The molecule has 7 nitrogen and oxygen atoms in total. The molecule has 1 atom stereocenters. The summed E-state index contributed by atoms with van der Waals surface area (Å²) in [6, 6.07) is 13.9. The number of thioether (sulfide) groups is 1. The predicted octanol–water partition coefficient (Wildman–Crippen LogP) is 4.16. The molecule has 1 unspecified atom stereocenters. The summed E-state index contributed by atoms with van der Waals surface area (Å²) >= 11 is 7.56. The normalized spacial score (nSPS) is 11.5. The summed E-state index contributed by atoms with van der Waals surface area (Å²) in [6.45, 7) is 3.84. The fraction of sp³-hybridized carbons (Fsp3) is 0.318. The third-order valence-corrected chi connectivity index (χ3v) is 5.57. The van der Waals surface area contributed by atoms with E-state index in [9.17, 15) is 14.4 Å². The smallest absolute Gasteiger partial charge is 0.407 e. The highest BCUT2D eigenvalue weighted by Gasteiger charge is 2.22. The van der Waals surface area contributed by atoms with Gasteiger partial charge in [0, 0.05) is 21.2 Å². The molecule has 2 aromatic carbocycles. The lowest BCUT2D eigenvalue weighted by atomic mass is 10.0. The third-order valence-electron chi connectivity index (χ3n) is 4.24. The Morgan fingerprint density at radius 1 is 1.00 bits per heavy atom. The number of carbonyl (C=O) groups excluding carboxylic acids is 3. The number of hydrazine groups is 1. The quantitative estimate of drug-likeness (QED) is 0.403. The molecule has 0 saturated carbocycles. The molecule has 0 aliphatic carbocycles. The molecular weight excluding hydrogens is 438 g/mol. The molecule has 0 radical (unpaired) electrons. The van der Waals surface area contributed by atoms with Crippen molar-refractivity contribution >= 4 is 41.3 Å². The van der Waals surface area contributed by atoms with Crippen LogP contribution in [0.15, 0.2) is 53.4 Å². The lowest BCUT2D eigenvalue weighted by Crippen LogP contribution is -2.52. The zero-order chi connectivity index (χ0) is 22.8. The van der Waals surface area contributed by atoms with Gasteiger partial charge in [0.1, 0.15) is 6.04 Å². The summed E-state index contributed by atoms with van der Waals surface area (Å²) in [5.74, 6) is -0.0759. The largest absolute Gasteiger partial charge is 0.453 e. The number of hydrogen-bond donors (Lipinski definition) is 3. The standard InChI is InChI=1S/C22H26ClN3O4S/c1-14(2)12-19(24-22(29)30-3)21(28)26-25-20(27)16-6-4-15(5-7-16)13-31-18-10-8-17(23)9-11-18/h4-11,14,19H,12-13H2,1-3H3,(H,24,29)(H,25,27)(H,26,28). The van der Waals surface area contributed by atoms with E-state index in [1.54, 1.807) is 23.9 Å². The monoisotopic (exact) mass is 463 g/mol. The Hall–Kier alpha value is -2.71. The average Bonchev–Trinajstić information content (AvgIpc) is 2.76. The van der Waals surface area contributed by atoms with Gasteiger partial charge in [-0.3, -0.25) is 20.4 Å². The molecule has 0 aliphatic rings. The van der Waals surface area contributed by atoms with Crippen molar-refractivity contribution in [1.29, 1.82) is 0 Å². The minimum absolute atomic E-state index is 0.155. The van der Waals surface area contributed by atoms with Crippen molar-refractivity contribution in [2.75, 3.05) is 7.11 Å². The van der Waals surface area contributed by atoms with Gasteiger partial charge in [-0.25, -0.2) is 4.79 Å². The number of ether oxygens (including phenoxy) is 1. The second-order valence-corrected chi connectivity index (χ2v) is 8.69. The molecule has 0 aliphatic heterocycles. The van der Waals surface area contributed by atoms with Crippen LogP contribution < -0.4 is 16.2 Å². The molecule has 31 heavy (non-hydrogen) atoms. The summed E-state index contributed by atoms with van der Waals surface area (Å²) in [5.41, 5.74) is 6.20. The first kappa shape index (κ1) is 24.6. The van der Waals surface area contributed by atoms with Gasteiger partial charge in [0.05, 0.1) is 7.11 Å². The number of amides is 3. The van der Waals surface area contributed by atoms with E-state index >= 15 is 0 Å². The Kier molecular flexibility index (Phi) is 9.68. The first-order valence-electron chi connectivity index (χ1n) is 9.70. The van der Waals surface area contributed by atoms with Gasteiger partial charge in [-0.05, 0) is 54.3 Å². The molecule has 0 aromatic heterocycles. The topological polar surface area (TPSA) is 96.5 Å². The van der Waals surface area contributed by atoms with Gasteiger partial charge in [-0.2, -0.15) is 0 Å². The molecule has 3 N–H and O–H groups in total. The van der Waals surface area contributed by atoms with Crippen LogP contribution in [0, 0.1) is 5.92 Å². The van der Waals surface area contributed by atoms with Crippen LogP contribution in [0.5, 0.6) is 0 Å². The zero-order valence-electron chi connectivity index (χ0n) is 17.6. The van der Waals surface area contributed by atoms with Gasteiger partial charge in [0.25, 0.3) is 11.8 Å². The first-order chi connectivity index (χ1) is 14.8. The summed E-state index contributed by atoms with van der Waals surface area (Å²) in [6.07, 6.45) is -0.309. The fourth-order valence-electron chi connectivity index (χ4n) is 2.63. The van der Waals surface area contributed by atoms with Gasteiger partial charge in [0.2, 0.25) is 0 Å². The van der Waals surface area contributed by atoms with Crippen molar-refractivity contribution in [1.82, 2.24) is 16.2 Å². The summed E-state index contributed by atoms with van der Waals surface area (Å²) < 4.78 is 4.55. The summed E-state index contributed by atoms with van der Waals surface area (Å²) in [5, 5.41) is 3.16. The number of alkyl carbamates (subject to hydrolysis) is 1. The van der Waals surface area contributed by atoms with E-state index < -0.39 is 23.9 Å². The van der Waals surface area contributed by atoms with E-state index in [-0.39, 0.29) is 5.92 Å². The van der Waals surface area contributed by atoms with E-state index in [2.05, 4.69) is 20.9 Å².